The fourth-order valence-electron chi connectivity index (χ4n) is 2.83. The molecule has 0 aliphatic heterocycles. The number of carbonyl (C=O) groups excluding carboxylic acids is 2. The lowest BCUT2D eigenvalue weighted by Gasteiger charge is -2.15. The van der Waals surface area contributed by atoms with E-state index in [1.165, 1.54) is 23.2 Å². The van der Waals surface area contributed by atoms with Crippen molar-refractivity contribution in [3.63, 3.8) is 0 Å². The lowest BCUT2D eigenvalue weighted by molar-refractivity contribution is -0.118. The number of allylic oxidation sites excluding steroid dienone is 1. The van der Waals surface area contributed by atoms with Crippen LogP contribution in [-0.4, -0.2) is 27.4 Å². The van der Waals surface area contributed by atoms with E-state index in [1.807, 2.05) is 0 Å². The van der Waals surface area contributed by atoms with Gasteiger partial charge in [0, 0.05) is 12.4 Å². The molecule has 1 atom stereocenters. The van der Waals surface area contributed by atoms with Gasteiger partial charge >= 0.3 is 0 Å². The van der Waals surface area contributed by atoms with Gasteiger partial charge in [-0.3, -0.25) is 14.5 Å². The summed E-state index contributed by atoms with van der Waals surface area (Å²) in [5.74, 6) is 0.220. The number of rotatable bonds is 8. The van der Waals surface area contributed by atoms with Crippen LogP contribution >= 0.6 is 0 Å². The first-order valence-corrected chi connectivity index (χ1v) is 9.79. The SMILES string of the molecule is C/C(=C\C(=C/N(C=O)c1ccccn1)C(=O)N[C@H](C)c1nc(C)no1)c1ccc(F)cc1. The van der Waals surface area contributed by atoms with Gasteiger partial charge in [-0.15, -0.1) is 0 Å². The molecule has 0 radical (unpaired) electrons. The summed E-state index contributed by atoms with van der Waals surface area (Å²) in [6.45, 7) is 5.16. The van der Waals surface area contributed by atoms with Gasteiger partial charge in [0.15, 0.2) is 5.82 Å². The fourth-order valence-corrected chi connectivity index (χ4v) is 2.83. The molecule has 2 heterocycles. The maximum Gasteiger partial charge on any atom is 0.253 e. The average Bonchev–Trinajstić information content (AvgIpc) is 3.24. The highest BCUT2D eigenvalue weighted by atomic mass is 19.1. The Hall–Kier alpha value is -4.14. The molecule has 0 aliphatic rings. The molecular weight excluding hydrogens is 413 g/mol. The molecule has 2 aromatic heterocycles. The highest BCUT2D eigenvalue weighted by Gasteiger charge is 2.19. The topological polar surface area (TPSA) is 101 Å². The number of pyridine rings is 1. The van der Waals surface area contributed by atoms with Crippen molar-refractivity contribution in [1.29, 1.82) is 0 Å². The number of halogens is 1. The number of carbonyl (C=O) groups is 2. The van der Waals surface area contributed by atoms with E-state index in [4.69, 9.17) is 4.52 Å². The number of anilines is 1. The van der Waals surface area contributed by atoms with Crippen molar-refractivity contribution >= 4 is 23.7 Å². The van der Waals surface area contributed by atoms with E-state index >= 15 is 0 Å². The standard InChI is InChI=1S/C23H22FN5O3/c1-15(18-7-9-20(24)10-8-18)12-19(13-29(14-30)21-6-4-5-11-25-21)22(31)26-16(2)23-27-17(3)28-32-23/h4-14,16H,1-3H3,(H,26,31)/b15-12+,19-13+/t16-/m1/s1. The summed E-state index contributed by atoms with van der Waals surface area (Å²) in [4.78, 5) is 34.3. The van der Waals surface area contributed by atoms with E-state index in [1.54, 1.807) is 63.4 Å². The van der Waals surface area contributed by atoms with E-state index in [2.05, 4.69) is 20.4 Å². The van der Waals surface area contributed by atoms with Crippen LogP contribution in [0.4, 0.5) is 10.2 Å². The molecule has 0 spiro atoms. The molecule has 2 amide bonds. The number of nitrogens with zero attached hydrogens (tertiary/aromatic N) is 4. The van der Waals surface area contributed by atoms with Gasteiger partial charge in [0.05, 0.1) is 5.57 Å². The van der Waals surface area contributed by atoms with Crippen molar-refractivity contribution < 1.29 is 18.5 Å². The Morgan fingerprint density at radius 1 is 1.22 bits per heavy atom. The van der Waals surface area contributed by atoms with Gasteiger partial charge in [-0.05, 0) is 62.2 Å². The molecule has 0 saturated carbocycles. The molecule has 1 N–H and O–H groups in total. The monoisotopic (exact) mass is 435 g/mol. The first-order valence-electron chi connectivity index (χ1n) is 9.79. The highest BCUT2D eigenvalue weighted by Crippen LogP contribution is 2.19. The third-order valence-electron chi connectivity index (χ3n) is 4.50. The van der Waals surface area contributed by atoms with Crippen LogP contribution in [0.25, 0.3) is 5.57 Å². The number of nitrogens with one attached hydrogen (secondary N) is 1. The fraction of sp³-hybridized carbons (Fsp3) is 0.174. The van der Waals surface area contributed by atoms with Crippen LogP contribution in [0, 0.1) is 12.7 Å². The van der Waals surface area contributed by atoms with Gasteiger partial charge in [0.25, 0.3) is 5.91 Å². The van der Waals surface area contributed by atoms with Crippen molar-refractivity contribution in [1.82, 2.24) is 20.4 Å². The van der Waals surface area contributed by atoms with E-state index in [-0.39, 0.29) is 17.3 Å². The van der Waals surface area contributed by atoms with Crippen molar-refractivity contribution in [2.24, 2.45) is 0 Å². The molecule has 0 aliphatic carbocycles. The molecule has 3 aromatic rings. The minimum absolute atomic E-state index is 0.174. The summed E-state index contributed by atoms with van der Waals surface area (Å²) in [7, 11) is 0. The van der Waals surface area contributed by atoms with Gasteiger partial charge in [-0.2, -0.15) is 4.98 Å². The zero-order valence-electron chi connectivity index (χ0n) is 17.8. The summed E-state index contributed by atoms with van der Waals surface area (Å²) in [6.07, 6.45) is 5.08. The predicted molar refractivity (Wildman–Crippen MR) is 117 cm³/mol. The van der Waals surface area contributed by atoms with Crippen molar-refractivity contribution in [3.8, 4) is 0 Å². The molecule has 8 nitrogen and oxygen atoms in total. The molecule has 32 heavy (non-hydrogen) atoms. The van der Waals surface area contributed by atoms with Crippen LogP contribution in [0.15, 0.2) is 71.0 Å². The molecule has 3 rings (SSSR count). The third kappa shape index (κ3) is 5.72. The molecular formula is C23H22FN5O3. The Balaban J connectivity index is 1.95. The van der Waals surface area contributed by atoms with Gasteiger partial charge in [0.2, 0.25) is 12.3 Å². The smallest absolute Gasteiger partial charge is 0.253 e. The molecule has 1 aromatic carbocycles. The number of hydrogen-bond donors (Lipinski definition) is 1. The molecule has 9 heteroatoms. The zero-order chi connectivity index (χ0) is 23.1. The lowest BCUT2D eigenvalue weighted by Crippen LogP contribution is -2.29. The first-order chi connectivity index (χ1) is 15.4. The maximum absolute atomic E-state index is 13.3. The molecule has 0 bridgehead atoms. The molecule has 164 valence electrons. The van der Waals surface area contributed by atoms with Crippen LogP contribution in [0.5, 0.6) is 0 Å². The minimum Gasteiger partial charge on any atom is -0.340 e. The van der Waals surface area contributed by atoms with E-state index in [0.29, 0.717) is 23.6 Å². The highest BCUT2D eigenvalue weighted by molar-refractivity contribution is 5.99. The number of aryl methyl sites for hydroxylation is 1. The minimum atomic E-state index is -0.564. The molecule has 0 unspecified atom stereocenters. The van der Waals surface area contributed by atoms with Crippen LogP contribution in [0.3, 0.4) is 0 Å². The maximum atomic E-state index is 13.3. The van der Waals surface area contributed by atoms with Crippen molar-refractivity contribution in [2.75, 3.05) is 4.90 Å². The number of benzene rings is 1. The number of hydrogen-bond acceptors (Lipinski definition) is 6. The summed E-state index contributed by atoms with van der Waals surface area (Å²) < 4.78 is 18.4. The average molecular weight is 435 g/mol. The zero-order valence-corrected chi connectivity index (χ0v) is 17.8. The van der Waals surface area contributed by atoms with Crippen molar-refractivity contribution in [3.05, 3.63) is 89.6 Å². The Bertz CT molecular complexity index is 1140. The Morgan fingerprint density at radius 2 is 1.97 bits per heavy atom. The normalized spacial score (nSPS) is 12.9. The van der Waals surface area contributed by atoms with Gasteiger partial charge in [-0.1, -0.05) is 23.4 Å². The first kappa shape index (κ1) is 22.5. The number of amides is 2. The Morgan fingerprint density at radius 3 is 2.56 bits per heavy atom. The van der Waals surface area contributed by atoms with Gasteiger partial charge in [-0.25, -0.2) is 9.37 Å². The second kappa shape index (κ2) is 10.3. The van der Waals surface area contributed by atoms with Gasteiger partial charge in [0.1, 0.15) is 17.7 Å². The third-order valence-corrected chi connectivity index (χ3v) is 4.50. The quantitative estimate of drug-likeness (QED) is 0.329. The van der Waals surface area contributed by atoms with E-state index < -0.39 is 11.9 Å². The van der Waals surface area contributed by atoms with Crippen molar-refractivity contribution in [2.45, 2.75) is 26.8 Å². The summed E-state index contributed by atoms with van der Waals surface area (Å²) >= 11 is 0. The van der Waals surface area contributed by atoms with E-state index in [0.717, 1.165) is 5.56 Å². The second-order valence-corrected chi connectivity index (χ2v) is 6.99. The second-order valence-electron chi connectivity index (χ2n) is 6.99. The summed E-state index contributed by atoms with van der Waals surface area (Å²) in [5, 5.41) is 6.51. The summed E-state index contributed by atoms with van der Waals surface area (Å²) in [6, 6.07) is 10.4. The predicted octanol–water partition coefficient (Wildman–Crippen LogP) is 3.74. The van der Waals surface area contributed by atoms with E-state index in [9.17, 15) is 14.0 Å². The molecule has 0 fully saturated rings. The Kier molecular flexibility index (Phi) is 7.22. The largest absolute Gasteiger partial charge is 0.340 e. The van der Waals surface area contributed by atoms with Gasteiger partial charge < -0.3 is 9.84 Å². The lowest BCUT2D eigenvalue weighted by atomic mass is 10.0. The van der Waals surface area contributed by atoms with Crippen LogP contribution in [0.1, 0.15) is 37.2 Å². The van der Waals surface area contributed by atoms with Crippen LogP contribution in [-0.2, 0) is 9.59 Å². The molecule has 0 saturated heterocycles. The van der Waals surface area contributed by atoms with Crippen LogP contribution in [0.2, 0.25) is 0 Å². The van der Waals surface area contributed by atoms with Crippen LogP contribution < -0.4 is 10.2 Å². The summed E-state index contributed by atoms with van der Waals surface area (Å²) in [5.41, 5.74) is 1.59. The number of aromatic nitrogens is 3. The Labute approximate surface area is 184 Å².